The third-order valence-electron chi connectivity index (χ3n) is 7.59. The minimum absolute atomic E-state index is 0. The number of hydrogen-bond donors (Lipinski definition) is 2. The van der Waals surface area contributed by atoms with Gasteiger partial charge in [-0.25, -0.2) is 4.39 Å². The van der Waals surface area contributed by atoms with Gasteiger partial charge in [-0.15, -0.1) is 12.4 Å². The van der Waals surface area contributed by atoms with Gasteiger partial charge in [0.05, 0.1) is 6.33 Å². The molecule has 0 unspecified atom stereocenters. The molecule has 3 N–H and O–H groups in total. The van der Waals surface area contributed by atoms with Crippen molar-refractivity contribution in [1.29, 1.82) is 0 Å². The van der Waals surface area contributed by atoms with E-state index in [9.17, 15) is 9.18 Å². The van der Waals surface area contributed by atoms with E-state index in [1.54, 1.807) is 0 Å². The standard InChI is InChI=1S/C24H33FN2O3.ClH/c25-15-18(16-26)17-30-21-3-1-19(2-4-21)23-7-10-24(11-8-23,12-9-23)22(28)27-20-5-13-29-14-6-20;/h1-4,15,20H,5-14,16-17,26H2,(H,27,28);1H. The summed E-state index contributed by atoms with van der Waals surface area (Å²) in [6.45, 7) is 1.82. The van der Waals surface area contributed by atoms with Gasteiger partial charge in [0.15, 0.2) is 0 Å². The van der Waals surface area contributed by atoms with Crippen molar-refractivity contribution < 1.29 is 18.7 Å². The number of fused-ring (bicyclic) bond motifs is 3. The molecule has 1 aromatic carbocycles. The van der Waals surface area contributed by atoms with Crippen molar-refractivity contribution in [1.82, 2.24) is 5.32 Å². The molecule has 7 heteroatoms. The monoisotopic (exact) mass is 452 g/mol. The number of benzene rings is 1. The molecule has 0 radical (unpaired) electrons. The Morgan fingerprint density at radius 3 is 2.29 bits per heavy atom. The Bertz CT molecular complexity index is 753. The molecule has 4 aliphatic rings. The predicted octanol–water partition coefficient (Wildman–Crippen LogP) is 4.19. The SMILES string of the molecule is Cl.NCC(=CF)COc1ccc(C23CCC(C(=O)NC4CCOCC4)(CC2)CC3)cc1. The number of rotatable bonds is 7. The molecular formula is C24H34ClFN2O3. The predicted molar refractivity (Wildman–Crippen MR) is 121 cm³/mol. The van der Waals surface area contributed by atoms with E-state index in [0.29, 0.717) is 11.9 Å². The van der Waals surface area contributed by atoms with E-state index in [-0.39, 0.29) is 48.3 Å². The number of ether oxygens (including phenoxy) is 2. The lowest BCUT2D eigenvalue weighted by atomic mass is 9.51. The molecule has 1 aliphatic heterocycles. The molecule has 5 rings (SSSR count). The second-order valence-corrected chi connectivity index (χ2v) is 9.21. The first kappa shape index (κ1) is 24.0. The maximum Gasteiger partial charge on any atom is 0.226 e. The van der Waals surface area contributed by atoms with Crippen LogP contribution in [-0.4, -0.2) is 38.3 Å². The molecule has 0 atom stereocenters. The number of carbonyl (C=O) groups is 1. The van der Waals surface area contributed by atoms with Crippen molar-refractivity contribution in [3.63, 3.8) is 0 Å². The summed E-state index contributed by atoms with van der Waals surface area (Å²) in [6, 6.07) is 8.47. The molecule has 172 valence electrons. The first-order valence-electron chi connectivity index (χ1n) is 11.2. The van der Waals surface area contributed by atoms with Gasteiger partial charge in [-0.2, -0.15) is 0 Å². The van der Waals surface area contributed by atoms with Gasteiger partial charge in [0.1, 0.15) is 12.4 Å². The molecule has 3 saturated carbocycles. The van der Waals surface area contributed by atoms with E-state index >= 15 is 0 Å². The van der Waals surface area contributed by atoms with Crippen LogP contribution >= 0.6 is 12.4 Å². The molecule has 3 aliphatic carbocycles. The highest BCUT2D eigenvalue weighted by molar-refractivity contribution is 5.85. The second kappa shape index (κ2) is 10.3. The van der Waals surface area contributed by atoms with Crippen LogP contribution in [-0.2, 0) is 14.9 Å². The number of halogens is 2. The summed E-state index contributed by atoms with van der Waals surface area (Å²) in [5, 5.41) is 3.32. The van der Waals surface area contributed by atoms with Gasteiger partial charge in [0.25, 0.3) is 0 Å². The minimum atomic E-state index is -0.180. The van der Waals surface area contributed by atoms with Crippen molar-refractivity contribution >= 4 is 18.3 Å². The molecule has 0 aromatic heterocycles. The van der Waals surface area contributed by atoms with Crippen LogP contribution in [0.3, 0.4) is 0 Å². The Kier molecular flexibility index (Phi) is 8.00. The zero-order chi connectivity index (χ0) is 21.0. The van der Waals surface area contributed by atoms with Gasteiger partial charge >= 0.3 is 0 Å². The largest absolute Gasteiger partial charge is 0.489 e. The van der Waals surface area contributed by atoms with E-state index in [1.807, 2.05) is 12.1 Å². The first-order chi connectivity index (χ1) is 14.6. The molecule has 0 spiro atoms. The van der Waals surface area contributed by atoms with Crippen LogP contribution < -0.4 is 15.8 Å². The Morgan fingerprint density at radius 2 is 1.74 bits per heavy atom. The molecule has 1 amide bonds. The molecule has 1 aromatic rings. The lowest BCUT2D eigenvalue weighted by molar-refractivity contribution is -0.139. The Hall–Kier alpha value is -1.63. The van der Waals surface area contributed by atoms with Crippen LogP contribution in [0.2, 0.25) is 0 Å². The van der Waals surface area contributed by atoms with Crippen molar-refractivity contribution in [2.24, 2.45) is 11.1 Å². The maximum atomic E-state index is 13.1. The van der Waals surface area contributed by atoms with Crippen LogP contribution in [0.4, 0.5) is 4.39 Å². The zero-order valence-electron chi connectivity index (χ0n) is 18.0. The maximum absolute atomic E-state index is 13.1. The van der Waals surface area contributed by atoms with Gasteiger partial charge in [0.2, 0.25) is 5.91 Å². The van der Waals surface area contributed by atoms with Gasteiger partial charge < -0.3 is 20.5 Å². The number of hydrogen-bond acceptors (Lipinski definition) is 4. The second-order valence-electron chi connectivity index (χ2n) is 9.21. The summed E-state index contributed by atoms with van der Waals surface area (Å²) < 4.78 is 23.7. The van der Waals surface area contributed by atoms with E-state index in [4.69, 9.17) is 15.2 Å². The molecule has 31 heavy (non-hydrogen) atoms. The number of amides is 1. The molecule has 5 nitrogen and oxygen atoms in total. The summed E-state index contributed by atoms with van der Waals surface area (Å²) in [5.41, 5.74) is 7.22. The van der Waals surface area contributed by atoms with E-state index in [0.717, 1.165) is 70.3 Å². The quantitative estimate of drug-likeness (QED) is 0.650. The highest BCUT2D eigenvalue weighted by Crippen LogP contribution is 2.58. The van der Waals surface area contributed by atoms with Crippen LogP contribution in [0.5, 0.6) is 5.75 Å². The third kappa shape index (κ3) is 5.07. The van der Waals surface area contributed by atoms with Gasteiger partial charge in [-0.3, -0.25) is 4.79 Å². The molecule has 1 saturated heterocycles. The average molecular weight is 453 g/mol. The van der Waals surface area contributed by atoms with E-state index in [2.05, 4.69) is 17.4 Å². The summed E-state index contributed by atoms with van der Waals surface area (Å²) in [5.74, 6) is 0.989. The molecule has 4 fully saturated rings. The fraction of sp³-hybridized carbons (Fsp3) is 0.625. The average Bonchev–Trinajstić information content (AvgIpc) is 2.82. The Labute approximate surface area is 190 Å². The summed E-state index contributed by atoms with van der Waals surface area (Å²) in [4.78, 5) is 13.1. The van der Waals surface area contributed by atoms with Crippen LogP contribution in [0.1, 0.15) is 56.9 Å². The Morgan fingerprint density at radius 1 is 1.13 bits per heavy atom. The number of nitrogens with two attached hydrogens (primary N) is 1. The van der Waals surface area contributed by atoms with Gasteiger partial charge in [-0.05, 0) is 74.5 Å². The van der Waals surface area contributed by atoms with E-state index in [1.165, 1.54) is 5.56 Å². The smallest absolute Gasteiger partial charge is 0.226 e. The molecule has 1 heterocycles. The van der Waals surface area contributed by atoms with Gasteiger partial charge in [-0.1, -0.05) is 12.1 Å². The van der Waals surface area contributed by atoms with Crippen molar-refractivity contribution in [3.05, 3.63) is 41.7 Å². The third-order valence-corrected chi connectivity index (χ3v) is 7.59. The summed E-state index contributed by atoms with van der Waals surface area (Å²) >= 11 is 0. The highest BCUT2D eigenvalue weighted by Gasteiger charge is 2.53. The normalized spacial score (nSPS) is 28.6. The Balaban J connectivity index is 0.00000272. The minimum Gasteiger partial charge on any atom is -0.489 e. The highest BCUT2D eigenvalue weighted by atomic mass is 35.5. The van der Waals surface area contributed by atoms with Crippen LogP contribution in [0.15, 0.2) is 36.2 Å². The fourth-order valence-electron chi connectivity index (χ4n) is 5.36. The first-order valence-corrected chi connectivity index (χ1v) is 11.2. The fourth-order valence-corrected chi connectivity index (χ4v) is 5.36. The van der Waals surface area contributed by atoms with E-state index < -0.39 is 0 Å². The van der Waals surface area contributed by atoms with Gasteiger partial charge in [0, 0.05) is 36.8 Å². The number of carbonyl (C=O) groups excluding carboxylic acids is 1. The zero-order valence-corrected chi connectivity index (χ0v) is 18.9. The van der Waals surface area contributed by atoms with Crippen molar-refractivity contribution in [3.8, 4) is 5.75 Å². The number of nitrogens with one attached hydrogen (secondary N) is 1. The topological polar surface area (TPSA) is 73.6 Å². The molecular weight excluding hydrogens is 419 g/mol. The van der Waals surface area contributed by atoms with Crippen molar-refractivity contribution in [2.45, 2.75) is 62.8 Å². The van der Waals surface area contributed by atoms with Crippen LogP contribution in [0, 0.1) is 5.41 Å². The molecule has 2 bridgehead atoms. The van der Waals surface area contributed by atoms with Crippen LogP contribution in [0.25, 0.3) is 0 Å². The lowest BCUT2D eigenvalue weighted by Crippen LogP contribution is -2.54. The summed E-state index contributed by atoms with van der Waals surface area (Å²) in [6.07, 6.45) is 8.40. The lowest BCUT2D eigenvalue weighted by Gasteiger charge is -2.53. The summed E-state index contributed by atoms with van der Waals surface area (Å²) in [7, 11) is 0. The van der Waals surface area contributed by atoms with Crippen molar-refractivity contribution in [2.75, 3.05) is 26.4 Å².